The third-order valence-corrected chi connectivity index (χ3v) is 5.77. The number of nitrogens with one attached hydrogen (secondary N) is 1. The number of carbonyl (C=O) groups excluding carboxylic acids is 1. The minimum atomic E-state index is -0.249. The summed E-state index contributed by atoms with van der Waals surface area (Å²) in [6, 6.07) is 5.78. The summed E-state index contributed by atoms with van der Waals surface area (Å²) in [5, 5.41) is 2.68. The average Bonchev–Trinajstić information content (AvgIpc) is 3.15. The number of rotatable bonds is 8. The number of ether oxygens (including phenoxy) is 1. The van der Waals surface area contributed by atoms with Crippen LogP contribution in [0, 0.1) is 5.92 Å². The smallest absolute Gasteiger partial charge is 0.224 e. The normalized spacial score (nSPS) is 18.6. The average molecular weight is 384 g/mol. The molecule has 28 heavy (non-hydrogen) atoms. The fourth-order valence-corrected chi connectivity index (χ4v) is 3.91. The molecule has 0 radical (unpaired) electrons. The largest absolute Gasteiger partial charge is 0.490 e. The van der Waals surface area contributed by atoms with Gasteiger partial charge in [-0.3, -0.25) is 4.79 Å². The third-order valence-electron chi connectivity index (χ3n) is 5.77. The highest BCUT2D eigenvalue weighted by Crippen LogP contribution is 2.40. The number of hydrogen-bond acceptors (Lipinski definition) is 2. The van der Waals surface area contributed by atoms with Gasteiger partial charge in [-0.05, 0) is 73.8 Å². The van der Waals surface area contributed by atoms with Crippen molar-refractivity contribution >= 4 is 12.0 Å². The molecule has 1 aromatic rings. The molecule has 3 nitrogen and oxygen atoms in total. The third kappa shape index (κ3) is 4.92. The van der Waals surface area contributed by atoms with Gasteiger partial charge < -0.3 is 10.1 Å². The molecule has 4 heteroatoms. The van der Waals surface area contributed by atoms with Crippen LogP contribution in [0.15, 0.2) is 48.3 Å². The van der Waals surface area contributed by atoms with Crippen LogP contribution in [-0.4, -0.2) is 19.1 Å². The van der Waals surface area contributed by atoms with E-state index in [9.17, 15) is 9.18 Å². The lowest BCUT2D eigenvalue weighted by atomic mass is 9.78. The van der Waals surface area contributed by atoms with Crippen molar-refractivity contribution in [2.24, 2.45) is 5.92 Å². The molecule has 0 unspecified atom stereocenters. The predicted molar refractivity (Wildman–Crippen MR) is 112 cm³/mol. The van der Waals surface area contributed by atoms with Gasteiger partial charge >= 0.3 is 0 Å². The van der Waals surface area contributed by atoms with Crippen LogP contribution in [0.5, 0.6) is 5.75 Å². The highest BCUT2D eigenvalue weighted by Gasteiger charge is 2.26. The minimum absolute atomic E-state index is 0.0695. The number of likely N-dealkylation sites (N-methyl/N-ethyl adjacent to an activating group) is 1. The molecule has 0 aromatic heterocycles. The van der Waals surface area contributed by atoms with Crippen molar-refractivity contribution < 1.29 is 13.9 Å². The standard InChI is InChI=1S/C24H30FNO2/c1-3-8-22(25)20(17-9-6-10-17)16-21-18(15-24(27)26-2)11-7-14-23(21)28-19-12-4-5-13-19/h3,7-8,11,14,16-17,19H,1,4-6,9-10,12-13,15H2,2H3,(H,26,27)/b20-16+,22-8+. The SMILES string of the molecule is C=C/C=C(F)\C(=C\c1c(CC(=O)NC)cccc1OC1CCCC1)C1CCC1. The second-order valence-electron chi connectivity index (χ2n) is 7.68. The molecule has 3 rings (SSSR count). The van der Waals surface area contributed by atoms with E-state index in [1.165, 1.54) is 25.0 Å². The van der Waals surface area contributed by atoms with Gasteiger partial charge in [-0.25, -0.2) is 4.39 Å². The minimum Gasteiger partial charge on any atom is -0.490 e. The van der Waals surface area contributed by atoms with Crippen LogP contribution in [-0.2, 0) is 11.2 Å². The summed E-state index contributed by atoms with van der Waals surface area (Å²) in [4.78, 5) is 12.0. The number of allylic oxidation sites excluding steroid dienone is 4. The Balaban J connectivity index is 2.03. The van der Waals surface area contributed by atoms with E-state index < -0.39 is 0 Å². The van der Waals surface area contributed by atoms with Crippen molar-refractivity contribution in [1.82, 2.24) is 5.32 Å². The van der Waals surface area contributed by atoms with E-state index in [0.29, 0.717) is 5.57 Å². The number of halogens is 1. The molecule has 0 bridgehead atoms. The highest BCUT2D eigenvalue weighted by atomic mass is 19.1. The molecular formula is C24H30FNO2. The Bertz CT molecular complexity index is 771. The molecular weight excluding hydrogens is 353 g/mol. The lowest BCUT2D eigenvalue weighted by Gasteiger charge is -2.28. The summed E-state index contributed by atoms with van der Waals surface area (Å²) in [5.74, 6) is 0.640. The van der Waals surface area contributed by atoms with E-state index in [1.54, 1.807) is 7.05 Å². The van der Waals surface area contributed by atoms with Crippen LogP contribution >= 0.6 is 0 Å². The molecule has 0 saturated heterocycles. The van der Waals surface area contributed by atoms with Crippen molar-refractivity contribution in [3.8, 4) is 5.75 Å². The highest BCUT2D eigenvalue weighted by molar-refractivity contribution is 5.81. The molecule has 2 aliphatic carbocycles. The lowest BCUT2D eigenvalue weighted by molar-refractivity contribution is -0.119. The molecule has 2 fully saturated rings. The second kappa shape index (κ2) is 9.72. The van der Waals surface area contributed by atoms with Gasteiger partial charge in [0.1, 0.15) is 11.6 Å². The van der Waals surface area contributed by atoms with Gasteiger partial charge in [0.25, 0.3) is 0 Å². The van der Waals surface area contributed by atoms with Gasteiger partial charge in [-0.15, -0.1) is 0 Å². The van der Waals surface area contributed by atoms with E-state index in [-0.39, 0.29) is 30.2 Å². The van der Waals surface area contributed by atoms with Crippen LogP contribution in [0.2, 0.25) is 0 Å². The molecule has 2 aliphatic rings. The summed E-state index contributed by atoms with van der Waals surface area (Å²) in [6.45, 7) is 3.63. The van der Waals surface area contributed by atoms with Crippen molar-refractivity contribution in [3.63, 3.8) is 0 Å². The monoisotopic (exact) mass is 383 g/mol. The molecule has 0 aliphatic heterocycles. The fourth-order valence-electron chi connectivity index (χ4n) is 3.91. The summed E-state index contributed by atoms with van der Waals surface area (Å²) in [5.41, 5.74) is 2.37. The van der Waals surface area contributed by atoms with Crippen LogP contribution < -0.4 is 10.1 Å². The van der Waals surface area contributed by atoms with E-state index in [0.717, 1.165) is 49.0 Å². The summed E-state index contributed by atoms with van der Waals surface area (Å²) in [6.07, 6.45) is 12.8. The molecule has 2 saturated carbocycles. The Morgan fingerprint density at radius 3 is 2.61 bits per heavy atom. The van der Waals surface area contributed by atoms with Crippen molar-refractivity contribution in [2.75, 3.05) is 7.05 Å². The van der Waals surface area contributed by atoms with E-state index in [2.05, 4.69) is 11.9 Å². The second-order valence-corrected chi connectivity index (χ2v) is 7.68. The van der Waals surface area contributed by atoms with Crippen LogP contribution in [0.3, 0.4) is 0 Å². The zero-order valence-electron chi connectivity index (χ0n) is 16.7. The number of carbonyl (C=O) groups is 1. The molecule has 150 valence electrons. The van der Waals surface area contributed by atoms with E-state index in [4.69, 9.17) is 4.74 Å². The topological polar surface area (TPSA) is 38.3 Å². The van der Waals surface area contributed by atoms with E-state index in [1.807, 2.05) is 24.3 Å². The van der Waals surface area contributed by atoms with Crippen molar-refractivity contribution in [2.45, 2.75) is 57.5 Å². The summed E-state index contributed by atoms with van der Waals surface area (Å²) >= 11 is 0. The zero-order valence-corrected chi connectivity index (χ0v) is 16.7. The van der Waals surface area contributed by atoms with E-state index >= 15 is 0 Å². The number of hydrogen-bond donors (Lipinski definition) is 1. The molecule has 0 spiro atoms. The maximum absolute atomic E-state index is 14.8. The maximum atomic E-state index is 14.8. The molecule has 0 atom stereocenters. The van der Waals surface area contributed by atoms with Gasteiger partial charge in [0.05, 0.1) is 12.5 Å². The first-order valence-corrected chi connectivity index (χ1v) is 10.3. The number of benzene rings is 1. The van der Waals surface area contributed by atoms with Crippen molar-refractivity contribution in [3.05, 3.63) is 59.5 Å². The maximum Gasteiger partial charge on any atom is 0.224 e. The molecule has 1 amide bonds. The van der Waals surface area contributed by atoms with Crippen molar-refractivity contribution in [1.29, 1.82) is 0 Å². The Hall–Kier alpha value is -2.36. The Morgan fingerprint density at radius 1 is 1.25 bits per heavy atom. The van der Waals surface area contributed by atoms with Gasteiger partial charge in [0, 0.05) is 12.6 Å². The van der Waals surface area contributed by atoms with Gasteiger partial charge in [0.15, 0.2) is 0 Å². The molecule has 0 heterocycles. The van der Waals surface area contributed by atoms with Crippen LogP contribution in [0.4, 0.5) is 4.39 Å². The first-order valence-electron chi connectivity index (χ1n) is 10.3. The summed E-state index contributed by atoms with van der Waals surface area (Å²) < 4.78 is 21.1. The van der Waals surface area contributed by atoms with Crippen LogP contribution in [0.25, 0.3) is 6.08 Å². The molecule has 1 aromatic carbocycles. The molecule has 1 N–H and O–H groups in total. The Morgan fingerprint density at radius 2 is 2.00 bits per heavy atom. The van der Waals surface area contributed by atoms with Gasteiger partial charge in [0.2, 0.25) is 5.91 Å². The fraction of sp³-hybridized carbons (Fsp3) is 0.458. The first-order chi connectivity index (χ1) is 13.6. The Labute approximate surface area is 167 Å². The number of amides is 1. The Kier molecular flexibility index (Phi) is 7.07. The summed E-state index contributed by atoms with van der Waals surface area (Å²) in [7, 11) is 1.63. The van der Waals surface area contributed by atoms with Crippen LogP contribution in [0.1, 0.15) is 56.1 Å². The quantitative estimate of drug-likeness (QED) is 0.600. The van der Waals surface area contributed by atoms with Gasteiger partial charge in [-0.2, -0.15) is 0 Å². The predicted octanol–water partition coefficient (Wildman–Crippen LogP) is 5.52. The zero-order chi connectivity index (χ0) is 19.9. The lowest BCUT2D eigenvalue weighted by Crippen LogP contribution is -2.21. The first kappa shape index (κ1) is 20.4. The van der Waals surface area contributed by atoms with Gasteiger partial charge in [-0.1, -0.05) is 31.2 Å².